The lowest BCUT2D eigenvalue weighted by molar-refractivity contribution is -0.130. The molecule has 1 aromatic carbocycles. The molecule has 2 rings (SSSR count). The fraction of sp³-hybridized carbons (Fsp3) is 0.312. The molecule has 0 radical (unpaired) electrons. The Morgan fingerprint density at radius 2 is 2.12 bits per heavy atom. The lowest BCUT2D eigenvalue weighted by Gasteiger charge is -2.13. The number of amides is 1. The minimum Gasteiger partial charge on any atom is -0.484 e. The summed E-state index contributed by atoms with van der Waals surface area (Å²) in [7, 11) is 5.14. The zero-order chi connectivity index (χ0) is 17.5. The lowest BCUT2D eigenvalue weighted by Crippen LogP contribution is -2.27. The molecule has 0 atom stereocenters. The van der Waals surface area contributed by atoms with Crippen molar-refractivity contribution in [2.24, 2.45) is 0 Å². The van der Waals surface area contributed by atoms with Crippen LogP contribution in [0.5, 0.6) is 5.75 Å². The second kappa shape index (κ2) is 8.35. The summed E-state index contributed by atoms with van der Waals surface area (Å²) in [5.41, 5.74) is 1.63. The van der Waals surface area contributed by atoms with Gasteiger partial charge in [-0.05, 0) is 17.7 Å². The second-order valence-corrected chi connectivity index (χ2v) is 5.57. The van der Waals surface area contributed by atoms with E-state index in [9.17, 15) is 4.79 Å². The Morgan fingerprint density at radius 1 is 1.33 bits per heavy atom. The maximum absolute atomic E-state index is 11.6. The fourth-order valence-corrected chi connectivity index (χ4v) is 2.15. The van der Waals surface area contributed by atoms with Crippen molar-refractivity contribution in [2.75, 3.05) is 38.4 Å². The highest BCUT2D eigenvalue weighted by Crippen LogP contribution is 2.26. The summed E-state index contributed by atoms with van der Waals surface area (Å²) in [6.45, 7) is 0.538. The molecule has 0 fully saturated rings. The van der Waals surface area contributed by atoms with E-state index in [1.807, 2.05) is 24.3 Å². The molecule has 2 aromatic rings. The molecule has 2 N–H and O–H groups in total. The van der Waals surface area contributed by atoms with E-state index in [1.54, 1.807) is 21.1 Å². The first-order valence-electron chi connectivity index (χ1n) is 7.35. The zero-order valence-corrected chi connectivity index (χ0v) is 14.6. The Hall–Kier alpha value is -2.54. The van der Waals surface area contributed by atoms with Gasteiger partial charge < -0.3 is 20.3 Å². The number of aromatic nitrogens is 2. The Morgan fingerprint density at radius 3 is 2.83 bits per heavy atom. The monoisotopic (exact) mass is 349 g/mol. The first-order valence-corrected chi connectivity index (χ1v) is 7.73. The Balaban J connectivity index is 2.00. The van der Waals surface area contributed by atoms with E-state index in [1.165, 1.54) is 11.2 Å². The van der Waals surface area contributed by atoms with Gasteiger partial charge in [0.1, 0.15) is 17.8 Å². The average Bonchev–Trinajstić information content (AvgIpc) is 2.58. The molecule has 0 spiro atoms. The molecule has 0 saturated heterocycles. The standard InChI is InChI=1S/C16H20ClN5O2/c1-18-14-15(17)20-10-21-16(14)19-8-11-5-4-6-12(7-11)24-9-13(23)22(2)3/h4-7,10,18H,8-9H2,1-3H3,(H,19,20,21). The Kier molecular flexibility index (Phi) is 6.20. The molecule has 128 valence electrons. The van der Waals surface area contributed by atoms with E-state index in [4.69, 9.17) is 16.3 Å². The summed E-state index contributed by atoms with van der Waals surface area (Å²) < 4.78 is 5.51. The van der Waals surface area contributed by atoms with Gasteiger partial charge in [0.2, 0.25) is 0 Å². The van der Waals surface area contributed by atoms with Crippen molar-refractivity contribution in [1.82, 2.24) is 14.9 Å². The number of anilines is 2. The fourth-order valence-electron chi connectivity index (χ4n) is 1.92. The summed E-state index contributed by atoms with van der Waals surface area (Å²) in [4.78, 5) is 21.2. The molecular weight excluding hydrogens is 330 g/mol. The van der Waals surface area contributed by atoms with Crippen molar-refractivity contribution in [1.29, 1.82) is 0 Å². The van der Waals surface area contributed by atoms with Gasteiger partial charge in [0.05, 0.1) is 0 Å². The normalized spacial score (nSPS) is 10.2. The zero-order valence-electron chi connectivity index (χ0n) is 13.8. The molecule has 0 bridgehead atoms. The van der Waals surface area contributed by atoms with Crippen molar-refractivity contribution >= 4 is 29.0 Å². The number of likely N-dealkylation sites (N-methyl/N-ethyl adjacent to an activating group) is 1. The number of rotatable bonds is 7. The molecule has 0 aliphatic rings. The molecule has 1 amide bonds. The number of benzene rings is 1. The van der Waals surface area contributed by atoms with E-state index < -0.39 is 0 Å². The van der Waals surface area contributed by atoms with Crippen LogP contribution < -0.4 is 15.4 Å². The van der Waals surface area contributed by atoms with Crippen LogP contribution in [0.1, 0.15) is 5.56 Å². The maximum Gasteiger partial charge on any atom is 0.259 e. The highest BCUT2D eigenvalue weighted by Gasteiger charge is 2.08. The van der Waals surface area contributed by atoms with E-state index in [2.05, 4.69) is 20.6 Å². The van der Waals surface area contributed by atoms with Crippen LogP contribution in [0.4, 0.5) is 11.5 Å². The van der Waals surface area contributed by atoms with Crippen molar-refractivity contribution in [3.63, 3.8) is 0 Å². The smallest absolute Gasteiger partial charge is 0.259 e. The van der Waals surface area contributed by atoms with Gasteiger partial charge in [-0.2, -0.15) is 0 Å². The van der Waals surface area contributed by atoms with Crippen LogP contribution in [0, 0.1) is 0 Å². The number of nitrogens with zero attached hydrogens (tertiary/aromatic N) is 3. The summed E-state index contributed by atoms with van der Waals surface area (Å²) in [5, 5.41) is 6.53. The van der Waals surface area contributed by atoms with Gasteiger partial charge in [0, 0.05) is 27.7 Å². The maximum atomic E-state index is 11.6. The predicted molar refractivity (Wildman–Crippen MR) is 94.5 cm³/mol. The molecule has 0 aliphatic carbocycles. The molecule has 0 unspecified atom stereocenters. The third-order valence-corrected chi connectivity index (χ3v) is 3.56. The number of carbonyl (C=O) groups is 1. The van der Waals surface area contributed by atoms with Gasteiger partial charge >= 0.3 is 0 Å². The summed E-state index contributed by atoms with van der Waals surface area (Å²) >= 11 is 6.02. The van der Waals surface area contributed by atoms with Crippen LogP contribution >= 0.6 is 11.6 Å². The Bertz CT molecular complexity index is 709. The summed E-state index contributed by atoms with van der Waals surface area (Å²) in [5.74, 6) is 1.17. The topological polar surface area (TPSA) is 79.4 Å². The number of halogens is 1. The lowest BCUT2D eigenvalue weighted by atomic mass is 10.2. The van der Waals surface area contributed by atoms with Gasteiger partial charge in [0.25, 0.3) is 5.91 Å². The third kappa shape index (κ3) is 4.73. The highest BCUT2D eigenvalue weighted by atomic mass is 35.5. The molecule has 24 heavy (non-hydrogen) atoms. The largest absolute Gasteiger partial charge is 0.484 e. The molecule has 1 aromatic heterocycles. The quantitative estimate of drug-likeness (QED) is 0.746. The number of hydrogen-bond donors (Lipinski definition) is 2. The van der Waals surface area contributed by atoms with Crippen LogP contribution in [-0.4, -0.2) is 48.5 Å². The average molecular weight is 350 g/mol. The second-order valence-electron chi connectivity index (χ2n) is 5.22. The van der Waals surface area contributed by atoms with Gasteiger partial charge in [0.15, 0.2) is 17.6 Å². The predicted octanol–water partition coefficient (Wildman–Crippen LogP) is 2.25. The van der Waals surface area contributed by atoms with E-state index in [-0.39, 0.29) is 12.5 Å². The van der Waals surface area contributed by atoms with Crippen molar-refractivity contribution < 1.29 is 9.53 Å². The van der Waals surface area contributed by atoms with Gasteiger partial charge in [-0.15, -0.1) is 0 Å². The Labute approximate surface area is 146 Å². The number of ether oxygens (including phenoxy) is 1. The highest BCUT2D eigenvalue weighted by molar-refractivity contribution is 6.32. The SMILES string of the molecule is CNc1c(Cl)ncnc1NCc1cccc(OCC(=O)N(C)C)c1. The van der Waals surface area contributed by atoms with Crippen molar-refractivity contribution in [3.8, 4) is 5.75 Å². The summed E-state index contributed by atoms with van der Waals surface area (Å²) in [6, 6.07) is 7.51. The van der Waals surface area contributed by atoms with Crippen LogP contribution in [0.25, 0.3) is 0 Å². The molecule has 0 aliphatic heterocycles. The van der Waals surface area contributed by atoms with Gasteiger partial charge in [-0.1, -0.05) is 23.7 Å². The van der Waals surface area contributed by atoms with Crippen molar-refractivity contribution in [3.05, 3.63) is 41.3 Å². The van der Waals surface area contributed by atoms with E-state index in [0.29, 0.717) is 29.0 Å². The van der Waals surface area contributed by atoms with Crippen LogP contribution in [0.2, 0.25) is 5.15 Å². The van der Waals surface area contributed by atoms with Gasteiger partial charge in [-0.25, -0.2) is 9.97 Å². The molecular formula is C16H20ClN5O2. The minimum atomic E-state index is -0.0900. The number of nitrogens with one attached hydrogen (secondary N) is 2. The summed E-state index contributed by atoms with van der Waals surface area (Å²) in [6.07, 6.45) is 1.40. The number of carbonyl (C=O) groups excluding carboxylic acids is 1. The molecule has 7 nitrogen and oxygen atoms in total. The molecule has 0 saturated carbocycles. The van der Waals surface area contributed by atoms with Gasteiger partial charge in [-0.3, -0.25) is 4.79 Å². The van der Waals surface area contributed by atoms with Crippen LogP contribution in [-0.2, 0) is 11.3 Å². The first-order chi connectivity index (χ1) is 11.5. The number of hydrogen-bond acceptors (Lipinski definition) is 6. The van der Waals surface area contributed by atoms with Crippen molar-refractivity contribution in [2.45, 2.75) is 6.54 Å². The molecule has 1 heterocycles. The first kappa shape index (κ1) is 17.8. The van der Waals surface area contributed by atoms with Crippen LogP contribution in [0.15, 0.2) is 30.6 Å². The molecule has 8 heteroatoms. The minimum absolute atomic E-state index is 0.00923. The third-order valence-electron chi connectivity index (χ3n) is 3.27. The van der Waals surface area contributed by atoms with Crippen LogP contribution in [0.3, 0.4) is 0 Å². The van der Waals surface area contributed by atoms with E-state index in [0.717, 1.165) is 5.56 Å². The van der Waals surface area contributed by atoms with E-state index >= 15 is 0 Å².